The SMILES string of the molecule is C[C@]12C=CC(=O)C=C1CC[C@H]1[C@@H]3CC=C(S(C)(=O)=O)[C@@]3(C)C[C@H](O)[C@@]12F. The van der Waals surface area contributed by atoms with Gasteiger partial charge in [0.15, 0.2) is 21.3 Å². The smallest absolute Gasteiger partial charge is 0.178 e. The molecule has 142 valence electrons. The maximum atomic E-state index is 16.7. The van der Waals surface area contributed by atoms with E-state index in [9.17, 15) is 18.3 Å². The largest absolute Gasteiger partial charge is 0.390 e. The van der Waals surface area contributed by atoms with Crippen LogP contribution in [0.3, 0.4) is 0 Å². The highest BCUT2D eigenvalue weighted by molar-refractivity contribution is 7.94. The van der Waals surface area contributed by atoms with Crippen LogP contribution in [0.2, 0.25) is 0 Å². The molecule has 4 rings (SSSR count). The normalized spacial score (nSPS) is 47.6. The highest BCUT2D eigenvalue weighted by atomic mass is 32.2. The van der Waals surface area contributed by atoms with Crippen molar-refractivity contribution < 1.29 is 22.7 Å². The van der Waals surface area contributed by atoms with Gasteiger partial charge in [-0.05, 0) is 50.7 Å². The molecule has 0 saturated heterocycles. The maximum absolute atomic E-state index is 16.7. The van der Waals surface area contributed by atoms with E-state index in [1.807, 2.05) is 6.92 Å². The third-order valence-electron chi connectivity index (χ3n) is 7.55. The molecule has 0 aromatic heterocycles. The first-order valence-corrected chi connectivity index (χ1v) is 11.1. The molecular weight excluding hydrogens is 355 g/mol. The van der Waals surface area contributed by atoms with Gasteiger partial charge in [-0.3, -0.25) is 4.79 Å². The number of alkyl halides is 1. The summed E-state index contributed by atoms with van der Waals surface area (Å²) in [6, 6.07) is 0. The molecule has 0 amide bonds. The third-order valence-corrected chi connectivity index (χ3v) is 8.98. The molecule has 6 heteroatoms. The zero-order valence-electron chi connectivity index (χ0n) is 15.3. The van der Waals surface area contributed by atoms with Gasteiger partial charge in [-0.1, -0.05) is 24.6 Å². The molecular formula is C20H25FO4S. The van der Waals surface area contributed by atoms with Gasteiger partial charge in [-0.15, -0.1) is 0 Å². The molecule has 0 bridgehead atoms. The minimum absolute atomic E-state index is 0.0776. The van der Waals surface area contributed by atoms with Crippen molar-refractivity contribution in [2.45, 2.75) is 51.3 Å². The van der Waals surface area contributed by atoms with E-state index in [4.69, 9.17) is 0 Å². The lowest BCUT2D eigenvalue weighted by Gasteiger charge is -2.61. The van der Waals surface area contributed by atoms with Gasteiger partial charge in [0, 0.05) is 27.9 Å². The Bertz CT molecular complexity index is 885. The fourth-order valence-electron chi connectivity index (χ4n) is 6.32. The topological polar surface area (TPSA) is 71.4 Å². The predicted molar refractivity (Wildman–Crippen MR) is 96.7 cm³/mol. The van der Waals surface area contributed by atoms with Crippen molar-refractivity contribution in [2.75, 3.05) is 6.26 Å². The van der Waals surface area contributed by atoms with Gasteiger partial charge < -0.3 is 5.11 Å². The quantitative estimate of drug-likeness (QED) is 0.759. The number of hydrogen-bond acceptors (Lipinski definition) is 4. The van der Waals surface area contributed by atoms with Crippen molar-refractivity contribution in [3.05, 3.63) is 34.8 Å². The summed E-state index contributed by atoms with van der Waals surface area (Å²) in [6.07, 6.45) is 7.84. The Hall–Kier alpha value is -1.27. The first-order chi connectivity index (χ1) is 11.9. The third kappa shape index (κ3) is 2.03. The monoisotopic (exact) mass is 380 g/mol. The molecule has 4 aliphatic carbocycles. The second kappa shape index (κ2) is 5.16. The van der Waals surface area contributed by atoms with E-state index in [1.54, 1.807) is 19.1 Å². The molecule has 0 spiro atoms. The number of carbonyl (C=O) groups is 1. The van der Waals surface area contributed by atoms with E-state index >= 15 is 4.39 Å². The molecule has 0 aromatic carbocycles. The van der Waals surface area contributed by atoms with Crippen LogP contribution in [-0.2, 0) is 14.6 Å². The first kappa shape index (κ1) is 18.1. The Balaban J connectivity index is 1.83. The van der Waals surface area contributed by atoms with E-state index in [0.717, 1.165) is 5.57 Å². The number of halogens is 1. The molecule has 6 atom stereocenters. The lowest BCUT2D eigenvalue weighted by atomic mass is 9.46. The maximum Gasteiger partial charge on any atom is 0.178 e. The van der Waals surface area contributed by atoms with Crippen molar-refractivity contribution in [2.24, 2.45) is 22.7 Å². The number of allylic oxidation sites excluding steroid dienone is 6. The molecule has 0 aliphatic heterocycles. The summed E-state index contributed by atoms with van der Waals surface area (Å²) in [7, 11) is -3.40. The molecule has 0 aromatic rings. The van der Waals surface area contributed by atoms with Gasteiger partial charge in [-0.25, -0.2) is 12.8 Å². The second-order valence-electron chi connectivity index (χ2n) is 8.84. The van der Waals surface area contributed by atoms with Gasteiger partial charge in [0.2, 0.25) is 0 Å². The van der Waals surface area contributed by atoms with E-state index < -0.39 is 38.4 Å². The van der Waals surface area contributed by atoms with Crippen molar-refractivity contribution in [3.8, 4) is 0 Å². The van der Waals surface area contributed by atoms with Crippen LogP contribution in [0.15, 0.2) is 34.8 Å². The van der Waals surface area contributed by atoms with Crippen LogP contribution in [0.5, 0.6) is 0 Å². The summed E-state index contributed by atoms with van der Waals surface area (Å²) in [5, 5.41) is 11.0. The van der Waals surface area contributed by atoms with Gasteiger partial charge in [0.25, 0.3) is 0 Å². The Morgan fingerprint density at radius 3 is 2.62 bits per heavy atom. The zero-order valence-corrected chi connectivity index (χ0v) is 16.1. The van der Waals surface area contributed by atoms with Gasteiger partial charge >= 0.3 is 0 Å². The number of hydrogen-bond donors (Lipinski definition) is 1. The Labute approximate surface area is 153 Å². The summed E-state index contributed by atoms with van der Waals surface area (Å²) in [6.45, 7) is 3.62. The van der Waals surface area contributed by atoms with Crippen LogP contribution in [-0.4, -0.2) is 37.3 Å². The second-order valence-corrected chi connectivity index (χ2v) is 10.8. The lowest BCUT2D eigenvalue weighted by molar-refractivity contribution is -0.184. The fraction of sp³-hybridized carbons (Fsp3) is 0.650. The van der Waals surface area contributed by atoms with E-state index in [1.165, 1.54) is 18.4 Å². The lowest BCUT2D eigenvalue weighted by Crippen LogP contribution is -2.66. The van der Waals surface area contributed by atoms with Crippen molar-refractivity contribution in [1.29, 1.82) is 0 Å². The van der Waals surface area contributed by atoms with Crippen molar-refractivity contribution >= 4 is 15.6 Å². The number of rotatable bonds is 1. The molecule has 2 saturated carbocycles. The number of aliphatic hydroxyl groups excluding tert-OH is 1. The fourth-order valence-corrected chi connectivity index (χ4v) is 7.80. The summed E-state index contributed by atoms with van der Waals surface area (Å²) in [4.78, 5) is 12.1. The summed E-state index contributed by atoms with van der Waals surface area (Å²) in [5.74, 6) is -0.756. The average molecular weight is 380 g/mol. The molecule has 26 heavy (non-hydrogen) atoms. The van der Waals surface area contributed by atoms with Crippen LogP contribution in [0.1, 0.15) is 39.5 Å². The van der Waals surface area contributed by atoms with Crippen LogP contribution in [0, 0.1) is 22.7 Å². The van der Waals surface area contributed by atoms with Crippen LogP contribution < -0.4 is 0 Å². The molecule has 0 radical (unpaired) electrons. The Morgan fingerprint density at radius 2 is 1.96 bits per heavy atom. The Kier molecular flexibility index (Phi) is 3.60. The number of aliphatic hydroxyl groups is 1. The van der Waals surface area contributed by atoms with Crippen molar-refractivity contribution in [1.82, 2.24) is 0 Å². The molecule has 4 aliphatic rings. The van der Waals surface area contributed by atoms with Crippen molar-refractivity contribution in [3.63, 3.8) is 0 Å². The molecule has 4 nitrogen and oxygen atoms in total. The number of carbonyl (C=O) groups excluding carboxylic acids is 1. The molecule has 2 fully saturated rings. The van der Waals surface area contributed by atoms with Crippen LogP contribution in [0.4, 0.5) is 4.39 Å². The van der Waals surface area contributed by atoms with E-state index in [0.29, 0.717) is 24.2 Å². The minimum atomic E-state index is -3.40. The van der Waals surface area contributed by atoms with E-state index in [-0.39, 0.29) is 18.1 Å². The highest BCUT2D eigenvalue weighted by Crippen LogP contribution is 2.68. The highest BCUT2D eigenvalue weighted by Gasteiger charge is 2.69. The standard InChI is InChI=1S/C20H25FO4S/c1-18-11-16(23)20(21)15(14(18)6-7-17(18)26(3,24)25)5-4-12-10-13(22)8-9-19(12,20)2/h7-10,14-16,23H,4-6,11H2,1-3H3/t14-,15-,16-,18-,19-,20-/m0/s1. The molecule has 0 unspecified atom stereocenters. The first-order valence-electron chi connectivity index (χ1n) is 9.16. The van der Waals surface area contributed by atoms with Gasteiger partial charge in [0.05, 0.1) is 6.10 Å². The molecule has 1 N–H and O–H groups in total. The summed E-state index contributed by atoms with van der Waals surface area (Å²) < 4.78 is 41.2. The van der Waals surface area contributed by atoms with Gasteiger partial charge in [0.1, 0.15) is 0 Å². The summed E-state index contributed by atoms with van der Waals surface area (Å²) >= 11 is 0. The number of ketones is 1. The van der Waals surface area contributed by atoms with Crippen LogP contribution >= 0.6 is 0 Å². The summed E-state index contributed by atoms with van der Waals surface area (Å²) in [5.41, 5.74) is -2.93. The minimum Gasteiger partial charge on any atom is -0.390 e. The molecule has 0 heterocycles. The average Bonchev–Trinajstić information content (AvgIpc) is 2.86. The number of fused-ring (bicyclic) bond motifs is 5. The van der Waals surface area contributed by atoms with Gasteiger partial charge in [-0.2, -0.15) is 0 Å². The predicted octanol–water partition coefficient (Wildman–Crippen LogP) is 2.90. The van der Waals surface area contributed by atoms with E-state index in [2.05, 4.69) is 0 Å². The zero-order chi connectivity index (χ0) is 19.1. The Morgan fingerprint density at radius 1 is 1.27 bits per heavy atom. The van der Waals surface area contributed by atoms with Crippen LogP contribution in [0.25, 0.3) is 0 Å². The number of sulfone groups is 1.